The van der Waals surface area contributed by atoms with Crippen molar-refractivity contribution in [2.24, 2.45) is 0 Å². The highest BCUT2D eigenvalue weighted by molar-refractivity contribution is 6.33. The van der Waals surface area contributed by atoms with Gasteiger partial charge in [0, 0.05) is 6.07 Å². The maximum atomic E-state index is 11.7. The molecular weight excluding hydrogens is 244 g/mol. The van der Waals surface area contributed by atoms with Gasteiger partial charge in [0.05, 0.1) is 17.8 Å². The predicted molar refractivity (Wildman–Crippen MR) is 62.9 cm³/mol. The smallest absolute Gasteiger partial charge is 0.343 e. The van der Waals surface area contributed by atoms with Crippen LogP contribution in [-0.4, -0.2) is 19.2 Å². The first-order valence-electron chi connectivity index (χ1n) is 4.73. The Morgan fingerprint density at radius 2 is 2.24 bits per heavy atom. The number of carbonyl (C=O) groups excluding carboxylic acids is 1. The second kappa shape index (κ2) is 5.41. The van der Waals surface area contributed by atoms with Gasteiger partial charge in [-0.05, 0) is 13.0 Å². The van der Waals surface area contributed by atoms with Crippen molar-refractivity contribution in [2.45, 2.75) is 13.0 Å². The number of benzene rings is 1. The molecular formula is C11H11ClN2O3. The first-order valence-corrected chi connectivity index (χ1v) is 5.11. The summed E-state index contributed by atoms with van der Waals surface area (Å²) in [6.45, 7) is 1.46. The van der Waals surface area contributed by atoms with Gasteiger partial charge in [0.25, 0.3) is 0 Å². The average molecular weight is 255 g/mol. The molecule has 0 fully saturated rings. The van der Waals surface area contributed by atoms with Gasteiger partial charge in [0.2, 0.25) is 0 Å². The van der Waals surface area contributed by atoms with E-state index in [1.54, 1.807) is 6.07 Å². The van der Waals surface area contributed by atoms with E-state index in [1.165, 1.54) is 26.2 Å². The van der Waals surface area contributed by atoms with Crippen LogP contribution in [0.1, 0.15) is 17.3 Å². The number of nitrogens with zero attached hydrogens (tertiary/aromatic N) is 1. The van der Waals surface area contributed by atoms with Crippen LogP contribution in [0.15, 0.2) is 12.1 Å². The summed E-state index contributed by atoms with van der Waals surface area (Å²) >= 11 is 5.80. The molecule has 0 saturated heterocycles. The Bertz CT molecular complexity index is 482. The SMILES string of the molecule is COc1cc(N)c(Cl)cc1C(=O)O[C@H](C)C#N. The summed E-state index contributed by atoms with van der Waals surface area (Å²) in [6, 6.07) is 4.56. The number of nitriles is 1. The molecule has 2 N–H and O–H groups in total. The Labute approximate surface area is 104 Å². The quantitative estimate of drug-likeness (QED) is 0.659. The average Bonchev–Trinajstić information content (AvgIpc) is 2.31. The van der Waals surface area contributed by atoms with Gasteiger partial charge in [-0.2, -0.15) is 5.26 Å². The minimum absolute atomic E-state index is 0.133. The highest BCUT2D eigenvalue weighted by atomic mass is 35.5. The summed E-state index contributed by atoms with van der Waals surface area (Å²) in [4.78, 5) is 11.7. The Morgan fingerprint density at radius 1 is 1.59 bits per heavy atom. The van der Waals surface area contributed by atoms with Crippen molar-refractivity contribution in [3.8, 4) is 11.8 Å². The Hall–Kier alpha value is -1.93. The summed E-state index contributed by atoms with van der Waals surface area (Å²) in [5.74, 6) is -0.431. The van der Waals surface area contributed by atoms with E-state index in [9.17, 15) is 4.79 Å². The molecule has 0 heterocycles. The van der Waals surface area contributed by atoms with E-state index in [1.807, 2.05) is 0 Å². The lowest BCUT2D eigenvalue weighted by Gasteiger charge is -2.11. The van der Waals surface area contributed by atoms with Gasteiger partial charge in [0.1, 0.15) is 17.4 Å². The van der Waals surface area contributed by atoms with E-state index >= 15 is 0 Å². The number of methoxy groups -OCH3 is 1. The summed E-state index contributed by atoms with van der Waals surface area (Å²) < 4.78 is 9.84. The number of carbonyl (C=O) groups is 1. The summed E-state index contributed by atoms with van der Waals surface area (Å²) in [6.07, 6.45) is -0.844. The van der Waals surface area contributed by atoms with Crippen LogP contribution in [0.25, 0.3) is 0 Å². The first-order chi connectivity index (χ1) is 7.99. The summed E-state index contributed by atoms with van der Waals surface area (Å²) in [7, 11) is 1.40. The molecule has 17 heavy (non-hydrogen) atoms. The largest absolute Gasteiger partial charge is 0.496 e. The van der Waals surface area contributed by atoms with Crippen LogP contribution in [0, 0.1) is 11.3 Å². The molecule has 0 spiro atoms. The van der Waals surface area contributed by atoms with Crippen LogP contribution < -0.4 is 10.5 Å². The van der Waals surface area contributed by atoms with Crippen LogP contribution in [0.3, 0.4) is 0 Å². The Morgan fingerprint density at radius 3 is 2.76 bits per heavy atom. The van der Waals surface area contributed by atoms with Gasteiger partial charge in [-0.1, -0.05) is 11.6 Å². The first kappa shape index (κ1) is 13.1. The highest BCUT2D eigenvalue weighted by Gasteiger charge is 2.18. The zero-order valence-electron chi connectivity index (χ0n) is 9.36. The molecule has 6 heteroatoms. The summed E-state index contributed by atoms with van der Waals surface area (Å²) in [5.41, 5.74) is 6.01. The Kier molecular flexibility index (Phi) is 4.18. The topological polar surface area (TPSA) is 85.3 Å². The fourth-order valence-electron chi connectivity index (χ4n) is 1.15. The third kappa shape index (κ3) is 3.02. The number of ether oxygens (including phenoxy) is 2. The van der Waals surface area contributed by atoms with Crippen LogP contribution in [0.5, 0.6) is 5.75 Å². The molecule has 0 aromatic heterocycles. The van der Waals surface area contributed by atoms with E-state index in [4.69, 9.17) is 32.1 Å². The predicted octanol–water partition coefficient (Wildman–Crippen LogP) is 2.00. The minimum Gasteiger partial charge on any atom is -0.496 e. The molecule has 0 aliphatic rings. The minimum atomic E-state index is -0.844. The molecule has 1 rings (SSSR count). The van der Waals surface area contributed by atoms with Gasteiger partial charge >= 0.3 is 5.97 Å². The molecule has 1 atom stereocenters. The Balaban J connectivity index is 3.09. The number of rotatable bonds is 3. The van der Waals surface area contributed by atoms with Gasteiger partial charge in [-0.3, -0.25) is 0 Å². The molecule has 90 valence electrons. The summed E-state index contributed by atoms with van der Waals surface area (Å²) in [5, 5.41) is 8.78. The molecule has 0 radical (unpaired) electrons. The van der Waals surface area contributed by atoms with Crippen molar-refractivity contribution in [3.63, 3.8) is 0 Å². The van der Waals surface area contributed by atoms with E-state index in [0.29, 0.717) is 5.69 Å². The third-order valence-electron chi connectivity index (χ3n) is 2.00. The number of hydrogen-bond acceptors (Lipinski definition) is 5. The molecule has 1 aromatic carbocycles. The van der Waals surface area contributed by atoms with Crippen LogP contribution >= 0.6 is 11.6 Å². The van der Waals surface area contributed by atoms with Gasteiger partial charge < -0.3 is 15.2 Å². The zero-order valence-corrected chi connectivity index (χ0v) is 10.1. The number of hydrogen-bond donors (Lipinski definition) is 1. The molecule has 1 aromatic rings. The van der Waals surface area contributed by atoms with Crippen molar-refractivity contribution in [1.82, 2.24) is 0 Å². The maximum Gasteiger partial charge on any atom is 0.343 e. The third-order valence-corrected chi connectivity index (χ3v) is 2.33. The van der Waals surface area contributed by atoms with E-state index < -0.39 is 12.1 Å². The maximum absolute atomic E-state index is 11.7. The van der Waals surface area contributed by atoms with Gasteiger partial charge in [-0.25, -0.2) is 4.79 Å². The normalized spacial score (nSPS) is 11.4. The van der Waals surface area contributed by atoms with Crippen molar-refractivity contribution in [1.29, 1.82) is 5.26 Å². The zero-order chi connectivity index (χ0) is 13.0. The van der Waals surface area contributed by atoms with E-state index in [2.05, 4.69) is 0 Å². The number of esters is 1. The molecule has 5 nitrogen and oxygen atoms in total. The van der Waals surface area contributed by atoms with Crippen molar-refractivity contribution >= 4 is 23.3 Å². The monoisotopic (exact) mass is 254 g/mol. The lowest BCUT2D eigenvalue weighted by molar-refractivity contribution is 0.0432. The number of halogens is 1. The molecule has 0 amide bonds. The lowest BCUT2D eigenvalue weighted by atomic mass is 10.2. The second-order valence-corrected chi connectivity index (χ2v) is 3.66. The standard InChI is InChI=1S/C11H11ClN2O3/c1-6(5-13)17-11(15)7-3-8(12)9(14)4-10(7)16-2/h3-4,6H,14H2,1-2H3/t6-/m1/s1. The van der Waals surface area contributed by atoms with Crippen LogP contribution in [0.4, 0.5) is 5.69 Å². The lowest BCUT2D eigenvalue weighted by Crippen LogP contribution is -2.14. The molecule has 0 bridgehead atoms. The number of nitrogens with two attached hydrogens (primary N) is 1. The second-order valence-electron chi connectivity index (χ2n) is 3.25. The number of anilines is 1. The highest BCUT2D eigenvalue weighted by Crippen LogP contribution is 2.29. The fraction of sp³-hybridized carbons (Fsp3) is 0.273. The fourth-order valence-corrected chi connectivity index (χ4v) is 1.31. The van der Waals surface area contributed by atoms with Crippen LogP contribution in [0.2, 0.25) is 5.02 Å². The van der Waals surface area contributed by atoms with E-state index in [-0.39, 0.29) is 16.3 Å². The van der Waals surface area contributed by atoms with Gasteiger partial charge in [-0.15, -0.1) is 0 Å². The van der Waals surface area contributed by atoms with E-state index in [0.717, 1.165) is 0 Å². The molecule has 0 aliphatic heterocycles. The molecule has 0 saturated carbocycles. The van der Waals surface area contributed by atoms with Crippen molar-refractivity contribution < 1.29 is 14.3 Å². The number of nitrogen functional groups attached to an aromatic ring is 1. The van der Waals surface area contributed by atoms with Crippen molar-refractivity contribution in [3.05, 3.63) is 22.7 Å². The van der Waals surface area contributed by atoms with Gasteiger partial charge in [0.15, 0.2) is 6.10 Å². The van der Waals surface area contributed by atoms with Crippen molar-refractivity contribution in [2.75, 3.05) is 12.8 Å². The molecule has 0 aliphatic carbocycles. The molecule has 0 unspecified atom stereocenters. The van der Waals surface area contributed by atoms with Crippen LogP contribution in [-0.2, 0) is 4.74 Å².